The Kier molecular flexibility index (Phi) is 8.73. The number of fused-ring (bicyclic) bond motifs is 2. The van der Waals surface area contributed by atoms with Crippen molar-refractivity contribution in [2.75, 3.05) is 54.0 Å². The Hall–Kier alpha value is -2.94. The van der Waals surface area contributed by atoms with Gasteiger partial charge in [0.1, 0.15) is 0 Å². The van der Waals surface area contributed by atoms with Gasteiger partial charge in [-0.15, -0.1) is 0 Å². The van der Waals surface area contributed by atoms with E-state index in [-0.39, 0.29) is 5.92 Å². The van der Waals surface area contributed by atoms with Gasteiger partial charge in [0, 0.05) is 62.2 Å². The summed E-state index contributed by atoms with van der Waals surface area (Å²) in [5.41, 5.74) is 15.9. The molecular weight excluding hydrogens is 498 g/mol. The lowest BCUT2D eigenvalue weighted by Crippen LogP contribution is -2.25. The minimum Gasteiger partial charge on any atom is -0.372 e. The number of hydrogen-bond donors (Lipinski definition) is 0. The van der Waals surface area contributed by atoms with Crippen LogP contribution in [-0.4, -0.2) is 39.3 Å². The van der Waals surface area contributed by atoms with Crippen LogP contribution in [0.25, 0.3) is 0 Å². The van der Waals surface area contributed by atoms with Gasteiger partial charge >= 0.3 is 0 Å². The van der Waals surface area contributed by atoms with E-state index in [9.17, 15) is 0 Å². The lowest BCUT2D eigenvalue weighted by Gasteiger charge is -2.29. The predicted molar refractivity (Wildman–Crippen MR) is 180 cm³/mol. The number of rotatable bonds is 10. The van der Waals surface area contributed by atoms with Crippen LogP contribution in [0.2, 0.25) is 0 Å². The molecule has 0 unspecified atom stereocenters. The van der Waals surface area contributed by atoms with E-state index in [2.05, 4.69) is 119 Å². The summed E-state index contributed by atoms with van der Waals surface area (Å²) in [6.07, 6.45) is 2.30. The number of anilines is 3. The van der Waals surface area contributed by atoms with Gasteiger partial charge in [-0.1, -0.05) is 45.9 Å². The second kappa shape index (κ2) is 12.1. The van der Waals surface area contributed by atoms with Crippen LogP contribution in [0.4, 0.5) is 17.1 Å². The molecule has 2 heterocycles. The monoisotopic (exact) mass is 551 g/mol. The molecule has 41 heavy (non-hydrogen) atoms. The first kappa shape index (κ1) is 29.5. The Balaban J connectivity index is 1.65. The third-order valence-electron chi connectivity index (χ3n) is 9.40. The molecule has 0 aromatic heterocycles. The third-order valence-corrected chi connectivity index (χ3v) is 9.40. The summed E-state index contributed by atoms with van der Waals surface area (Å²) in [6.45, 7) is 27.5. The van der Waals surface area contributed by atoms with Crippen LogP contribution < -0.4 is 14.7 Å². The Labute approximate surface area is 250 Å². The second-order valence-electron chi connectivity index (χ2n) is 13.5. The van der Waals surface area contributed by atoms with Crippen molar-refractivity contribution in [2.24, 2.45) is 11.8 Å². The van der Waals surface area contributed by atoms with Crippen LogP contribution in [0.15, 0.2) is 42.5 Å². The van der Waals surface area contributed by atoms with Crippen LogP contribution in [0.1, 0.15) is 92.0 Å². The number of hydrogen-bond acceptors (Lipinski definition) is 3. The van der Waals surface area contributed by atoms with Gasteiger partial charge in [0.15, 0.2) is 0 Å². The second-order valence-corrected chi connectivity index (χ2v) is 13.5. The van der Waals surface area contributed by atoms with Crippen LogP contribution in [0.3, 0.4) is 0 Å². The van der Waals surface area contributed by atoms with Crippen LogP contribution in [0.5, 0.6) is 0 Å². The fourth-order valence-electron chi connectivity index (χ4n) is 7.41. The van der Waals surface area contributed by atoms with Crippen molar-refractivity contribution in [3.63, 3.8) is 0 Å². The molecule has 0 N–H and O–H groups in total. The maximum absolute atomic E-state index is 2.61. The van der Waals surface area contributed by atoms with Gasteiger partial charge < -0.3 is 14.7 Å². The molecular formula is C38H53N3. The summed E-state index contributed by atoms with van der Waals surface area (Å²) in [7, 11) is 0. The van der Waals surface area contributed by atoms with E-state index >= 15 is 0 Å². The summed E-state index contributed by atoms with van der Waals surface area (Å²) in [5.74, 6) is 1.57. The predicted octanol–water partition coefficient (Wildman–Crippen LogP) is 8.68. The zero-order chi connectivity index (χ0) is 29.4. The van der Waals surface area contributed by atoms with Crippen LogP contribution >= 0.6 is 0 Å². The van der Waals surface area contributed by atoms with Crippen molar-refractivity contribution < 1.29 is 0 Å². The highest BCUT2D eigenvalue weighted by atomic mass is 15.2. The minimum absolute atomic E-state index is 0.231. The Bertz CT molecular complexity index is 1310. The maximum Gasteiger partial charge on any atom is 0.0402 e. The zero-order valence-corrected chi connectivity index (χ0v) is 27.3. The Morgan fingerprint density at radius 3 is 1.51 bits per heavy atom. The normalized spacial score (nSPS) is 14.5. The molecule has 0 bridgehead atoms. The molecule has 0 amide bonds. The topological polar surface area (TPSA) is 9.72 Å². The zero-order valence-electron chi connectivity index (χ0n) is 27.3. The van der Waals surface area contributed by atoms with Crippen molar-refractivity contribution in [3.05, 3.63) is 87.0 Å². The average molecular weight is 552 g/mol. The molecule has 3 aromatic carbocycles. The average Bonchev–Trinajstić information content (AvgIpc) is 3.48. The Morgan fingerprint density at radius 1 is 0.634 bits per heavy atom. The van der Waals surface area contributed by atoms with Crippen molar-refractivity contribution in [2.45, 2.75) is 81.1 Å². The van der Waals surface area contributed by atoms with E-state index in [4.69, 9.17) is 0 Å². The van der Waals surface area contributed by atoms with Gasteiger partial charge in [-0.3, -0.25) is 0 Å². The number of benzene rings is 3. The van der Waals surface area contributed by atoms with E-state index in [1.807, 2.05) is 0 Å². The molecule has 3 heteroatoms. The summed E-state index contributed by atoms with van der Waals surface area (Å²) in [5, 5.41) is 0. The van der Waals surface area contributed by atoms with E-state index in [0.29, 0.717) is 11.8 Å². The van der Waals surface area contributed by atoms with E-state index < -0.39 is 0 Å². The summed E-state index contributed by atoms with van der Waals surface area (Å²) in [6, 6.07) is 17.4. The van der Waals surface area contributed by atoms with Gasteiger partial charge in [0.25, 0.3) is 0 Å². The molecule has 0 radical (unpaired) electrons. The highest BCUT2D eigenvalue weighted by molar-refractivity contribution is 5.67. The lowest BCUT2D eigenvalue weighted by atomic mass is 9.78. The molecule has 2 aliphatic rings. The van der Waals surface area contributed by atoms with Gasteiger partial charge in [-0.05, 0) is 128 Å². The first-order valence-corrected chi connectivity index (χ1v) is 16.2. The summed E-state index contributed by atoms with van der Waals surface area (Å²) < 4.78 is 0. The fourth-order valence-corrected chi connectivity index (χ4v) is 7.41. The maximum atomic E-state index is 2.61. The highest BCUT2D eigenvalue weighted by Crippen LogP contribution is 2.44. The molecule has 3 aromatic rings. The smallest absolute Gasteiger partial charge is 0.0402 e. The quantitative estimate of drug-likeness (QED) is 0.233. The lowest BCUT2D eigenvalue weighted by molar-refractivity contribution is 0.622. The van der Waals surface area contributed by atoms with E-state index in [1.54, 1.807) is 0 Å². The molecule has 3 nitrogen and oxygen atoms in total. The van der Waals surface area contributed by atoms with E-state index in [1.165, 1.54) is 61.6 Å². The molecule has 0 atom stereocenters. The number of nitrogens with zero attached hydrogens (tertiary/aromatic N) is 3. The molecule has 2 aliphatic heterocycles. The van der Waals surface area contributed by atoms with Gasteiger partial charge in [-0.25, -0.2) is 0 Å². The van der Waals surface area contributed by atoms with Gasteiger partial charge in [-0.2, -0.15) is 0 Å². The highest BCUT2D eigenvalue weighted by Gasteiger charge is 2.29. The molecule has 0 saturated heterocycles. The van der Waals surface area contributed by atoms with Gasteiger partial charge in [0.2, 0.25) is 0 Å². The molecule has 0 spiro atoms. The van der Waals surface area contributed by atoms with Crippen LogP contribution in [-0.2, 0) is 12.8 Å². The third kappa shape index (κ3) is 5.87. The van der Waals surface area contributed by atoms with Crippen LogP contribution in [0, 0.1) is 32.6 Å². The van der Waals surface area contributed by atoms with Crippen molar-refractivity contribution in [1.82, 2.24) is 0 Å². The molecule has 5 rings (SSSR count). The molecule has 0 fully saturated rings. The minimum atomic E-state index is 0.231. The van der Waals surface area contributed by atoms with Crippen molar-refractivity contribution in [1.29, 1.82) is 0 Å². The Morgan fingerprint density at radius 2 is 1.10 bits per heavy atom. The summed E-state index contributed by atoms with van der Waals surface area (Å²) in [4.78, 5) is 7.68. The van der Waals surface area contributed by atoms with Gasteiger partial charge in [0.05, 0.1) is 0 Å². The fraction of sp³-hybridized carbons (Fsp3) is 0.526. The molecule has 220 valence electrons. The van der Waals surface area contributed by atoms with Crippen molar-refractivity contribution >= 4 is 17.1 Å². The first-order valence-electron chi connectivity index (χ1n) is 16.2. The van der Waals surface area contributed by atoms with E-state index in [0.717, 1.165) is 52.1 Å². The SMILES string of the molecule is CCN(CC)c1ccc(C(c2cc3c(cc2C)N(CC(C)C)CC3)c2cc3c(cc2C)N(CC(C)C)CC3)c(C)c1. The first-order chi connectivity index (χ1) is 19.6. The largest absolute Gasteiger partial charge is 0.372 e. The summed E-state index contributed by atoms with van der Waals surface area (Å²) >= 11 is 0. The van der Waals surface area contributed by atoms with Crippen molar-refractivity contribution in [3.8, 4) is 0 Å². The molecule has 0 aliphatic carbocycles. The standard InChI is InChI=1S/C38H53N3/c1-10-39(11-2)32-12-13-33(27(7)18-32)38(34-21-30-14-16-40(23-25(3)4)36(30)19-28(34)8)35-22-31-15-17-41(24-26(5)6)37(31)20-29(35)9/h12-13,18-22,25-26,38H,10-11,14-17,23-24H2,1-9H3. The molecule has 0 saturated carbocycles. The number of aryl methyl sites for hydroxylation is 3.